The van der Waals surface area contributed by atoms with E-state index in [1.165, 1.54) is 6.07 Å². The Labute approximate surface area is 150 Å². The molecule has 1 N–H and O–H groups in total. The monoisotopic (exact) mass is 364 g/mol. The Hall–Kier alpha value is -1.72. The van der Waals surface area contributed by atoms with Crippen LogP contribution in [0.1, 0.15) is 17.2 Å². The maximum atomic E-state index is 14.0. The van der Waals surface area contributed by atoms with Crippen molar-refractivity contribution in [3.63, 3.8) is 0 Å². The van der Waals surface area contributed by atoms with Crippen molar-refractivity contribution in [2.24, 2.45) is 0 Å². The van der Waals surface area contributed by atoms with Gasteiger partial charge in [0, 0.05) is 29.7 Å². The molecule has 0 aromatic heterocycles. The number of carbonyl (C=O) groups excluding carboxylic acids is 1. The van der Waals surface area contributed by atoms with Gasteiger partial charge in [0.15, 0.2) is 0 Å². The van der Waals surface area contributed by atoms with Gasteiger partial charge in [-0.15, -0.1) is 0 Å². The number of urea groups is 1. The Morgan fingerprint density at radius 2 is 1.92 bits per heavy atom. The number of hydrogen-bond acceptors (Lipinski definition) is 2. The van der Waals surface area contributed by atoms with Crippen LogP contribution in [-0.4, -0.2) is 29.8 Å². The van der Waals surface area contributed by atoms with E-state index in [1.807, 2.05) is 24.3 Å². The van der Waals surface area contributed by atoms with E-state index >= 15 is 0 Å². The summed E-state index contributed by atoms with van der Waals surface area (Å²) in [7, 11) is 0. The highest BCUT2D eigenvalue weighted by Crippen LogP contribution is 2.35. The van der Waals surface area contributed by atoms with Crippen molar-refractivity contribution in [1.82, 2.24) is 4.90 Å². The molecule has 0 radical (unpaired) electrons. The molecule has 2 aromatic carbocycles. The Balaban J connectivity index is 1.64. The molecule has 0 aliphatic carbocycles. The molecule has 0 bridgehead atoms. The summed E-state index contributed by atoms with van der Waals surface area (Å²) in [6, 6.07) is 13.9. The van der Waals surface area contributed by atoms with Crippen molar-refractivity contribution in [2.45, 2.75) is 11.7 Å². The van der Waals surface area contributed by atoms with Gasteiger partial charge in [0.1, 0.15) is 5.82 Å². The molecule has 1 aliphatic heterocycles. The first-order valence-corrected chi connectivity index (χ1v) is 9.24. The average molecular weight is 365 g/mol. The molecule has 0 spiro atoms. The van der Waals surface area contributed by atoms with Gasteiger partial charge >= 0.3 is 6.03 Å². The van der Waals surface area contributed by atoms with Crippen LogP contribution in [-0.2, 0) is 0 Å². The summed E-state index contributed by atoms with van der Waals surface area (Å²) in [5.74, 6) is 0.596. The molecule has 1 heterocycles. The number of rotatable bonds is 2. The van der Waals surface area contributed by atoms with Gasteiger partial charge in [0.25, 0.3) is 0 Å². The number of hydrogen-bond donors (Lipinski definition) is 1. The Morgan fingerprint density at radius 1 is 1.17 bits per heavy atom. The zero-order valence-electron chi connectivity index (χ0n) is 13.0. The van der Waals surface area contributed by atoms with Crippen LogP contribution >= 0.6 is 23.4 Å². The number of carbonyl (C=O) groups is 1. The second-order valence-corrected chi connectivity index (χ2v) is 7.28. The number of benzene rings is 2. The summed E-state index contributed by atoms with van der Waals surface area (Å²) in [5, 5.41) is 3.43. The molecule has 3 rings (SSSR count). The summed E-state index contributed by atoms with van der Waals surface area (Å²) in [6.07, 6.45) is 0.724. The number of nitrogens with zero attached hydrogens (tertiary/aromatic N) is 1. The lowest BCUT2D eigenvalue weighted by atomic mass is 10.1. The standard InChI is InChI=1S/C18H18ClFN2OS/c19-14-6-2-4-8-16(14)21-18(23)22-10-9-17(24-12-11-22)13-5-1-3-7-15(13)20/h1-8,17H,9-12H2,(H,21,23)/t17-/m1/s1. The SMILES string of the molecule is O=C(Nc1ccccc1Cl)N1CCS[C@@H](c2ccccc2F)CC1. The summed E-state index contributed by atoms with van der Waals surface area (Å²) in [6.45, 7) is 1.22. The van der Waals surface area contributed by atoms with Crippen LogP contribution in [0.25, 0.3) is 0 Å². The number of para-hydroxylation sites is 1. The van der Waals surface area contributed by atoms with E-state index in [4.69, 9.17) is 11.6 Å². The first kappa shape index (κ1) is 17.1. The van der Waals surface area contributed by atoms with E-state index in [0.717, 1.165) is 17.7 Å². The van der Waals surface area contributed by atoms with Gasteiger partial charge in [-0.1, -0.05) is 41.9 Å². The number of nitrogens with one attached hydrogen (secondary N) is 1. The Bertz CT molecular complexity index is 728. The molecule has 1 fully saturated rings. The van der Waals surface area contributed by atoms with Gasteiger partial charge in [-0.05, 0) is 24.6 Å². The number of halogens is 2. The van der Waals surface area contributed by atoms with Crippen LogP contribution in [0, 0.1) is 5.82 Å². The fourth-order valence-electron chi connectivity index (χ4n) is 2.71. The van der Waals surface area contributed by atoms with Crippen molar-refractivity contribution < 1.29 is 9.18 Å². The predicted octanol–water partition coefficient (Wildman–Crippen LogP) is 5.19. The lowest BCUT2D eigenvalue weighted by molar-refractivity contribution is 0.215. The van der Waals surface area contributed by atoms with E-state index < -0.39 is 0 Å². The van der Waals surface area contributed by atoms with Crippen molar-refractivity contribution in [2.75, 3.05) is 24.2 Å². The number of amides is 2. The van der Waals surface area contributed by atoms with Gasteiger partial charge in [-0.2, -0.15) is 11.8 Å². The first-order chi connectivity index (χ1) is 11.6. The molecule has 2 aromatic rings. The molecule has 126 valence electrons. The lowest BCUT2D eigenvalue weighted by Gasteiger charge is -2.21. The zero-order valence-corrected chi connectivity index (χ0v) is 14.6. The fraction of sp³-hybridized carbons (Fsp3) is 0.278. The van der Waals surface area contributed by atoms with Crippen molar-refractivity contribution in [3.05, 3.63) is 64.9 Å². The summed E-state index contributed by atoms with van der Waals surface area (Å²) >= 11 is 7.78. The van der Waals surface area contributed by atoms with Crippen molar-refractivity contribution in [1.29, 1.82) is 0 Å². The van der Waals surface area contributed by atoms with Crippen LogP contribution in [0.4, 0.5) is 14.9 Å². The largest absolute Gasteiger partial charge is 0.324 e. The van der Waals surface area contributed by atoms with Crippen LogP contribution in [0.5, 0.6) is 0 Å². The number of thioether (sulfide) groups is 1. The van der Waals surface area contributed by atoms with Crippen molar-refractivity contribution >= 4 is 35.1 Å². The van der Waals surface area contributed by atoms with Gasteiger partial charge < -0.3 is 10.2 Å². The van der Waals surface area contributed by atoms with E-state index in [9.17, 15) is 9.18 Å². The van der Waals surface area contributed by atoms with Crippen LogP contribution < -0.4 is 5.32 Å². The molecular formula is C18H18ClFN2OS. The minimum Gasteiger partial charge on any atom is -0.324 e. The molecule has 2 amide bonds. The molecule has 1 aliphatic rings. The highest BCUT2D eigenvalue weighted by molar-refractivity contribution is 7.99. The molecule has 3 nitrogen and oxygen atoms in total. The van der Waals surface area contributed by atoms with Gasteiger partial charge in [0.05, 0.1) is 10.7 Å². The maximum Gasteiger partial charge on any atom is 0.321 e. The third-order valence-corrected chi connectivity index (χ3v) is 5.64. The summed E-state index contributed by atoms with van der Waals surface area (Å²) in [4.78, 5) is 14.2. The molecule has 0 unspecified atom stereocenters. The smallest absolute Gasteiger partial charge is 0.321 e. The minimum atomic E-state index is -0.177. The summed E-state index contributed by atoms with van der Waals surface area (Å²) in [5.41, 5.74) is 1.32. The highest BCUT2D eigenvalue weighted by Gasteiger charge is 2.24. The normalized spacial score (nSPS) is 18.1. The average Bonchev–Trinajstić information content (AvgIpc) is 2.83. The second-order valence-electron chi connectivity index (χ2n) is 5.57. The van der Waals surface area contributed by atoms with E-state index in [0.29, 0.717) is 23.8 Å². The van der Waals surface area contributed by atoms with Gasteiger partial charge in [-0.3, -0.25) is 0 Å². The topological polar surface area (TPSA) is 32.3 Å². The first-order valence-electron chi connectivity index (χ1n) is 7.81. The Morgan fingerprint density at radius 3 is 2.71 bits per heavy atom. The van der Waals surface area contributed by atoms with E-state index in [1.54, 1.807) is 34.9 Å². The minimum absolute atomic E-state index is 0.0734. The van der Waals surface area contributed by atoms with Gasteiger partial charge in [-0.25, -0.2) is 9.18 Å². The summed E-state index contributed by atoms with van der Waals surface area (Å²) < 4.78 is 14.0. The van der Waals surface area contributed by atoms with Gasteiger partial charge in [0.2, 0.25) is 0 Å². The quantitative estimate of drug-likeness (QED) is 0.795. The van der Waals surface area contributed by atoms with Crippen LogP contribution in [0.15, 0.2) is 48.5 Å². The number of anilines is 1. The maximum absolute atomic E-state index is 14.0. The molecule has 0 saturated carbocycles. The van der Waals surface area contributed by atoms with Crippen LogP contribution in [0.3, 0.4) is 0 Å². The molecule has 1 atom stereocenters. The Kier molecular flexibility index (Phi) is 5.63. The lowest BCUT2D eigenvalue weighted by Crippen LogP contribution is -2.36. The third-order valence-electron chi connectivity index (χ3n) is 4.00. The third kappa shape index (κ3) is 4.02. The molecule has 1 saturated heterocycles. The van der Waals surface area contributed by atoms with Crippen molar-refractivity contribution in [3.8, 4) is 0 Å². The van der Waals surface area contributed by atoms with Crippen LogP contribution in [0.2, 0.25) is 5.02 Å². The van der Waals surface area contributed by atoms with E-state index in [2.05, 4.69) is 5.32 Å². The fourth-order valence-corrected chi connectivity index (χ4v) is 4.15. The predicted molar refractivity (Wildman–Crippen MR) is 98.3 cm³/mol. The zero-order chi connectivity index (χ0) is 16.9. The molecule has 24 heavy (non-hydrogen) atoms. The highest BCUT2D eigenvalue weighted by atomic mass is 35.5. The molecule has 6 heteroatoms. The van der Waals surface area contributed by atoms with E-state index in [-0.39, 0.29) is 17.1 Å². The molecular weight excluding hydrogens is 347 g/mol. The second kappa shape index (κ2) is 7.90.